The summed E-state index contributed by atoms with van der Waals surface area (Å²) in [5, 5.41) is 9.04. The van der Waals surface area contributed by atoms with E-state index in [0.29, 0.717) is 12.1 Å². The van der Waals surface area contributed by atoms with E-state index < -0.39 is 0 Å². The molecule has 0 atom stereocenters. The molecule has 1 aromatic heterocycles. The minimum Gasteiger partial charge on any atom is -0.310 e. The van der Waals surface area contributed by atoms with Crippen molar-refractivity contribution in [3.05, 3.63) is 68.9 Å². The Balaban J connectivity index is 2.47. The van der Waals surface area contributed by atoms with Gasteiger partial charge in [0, 0.05) is 6.20 Å². The number of nitrogens with zero attached hydrogens (tertiary/aromatic N) is 2. The molecule has 0 spiro atoms. The lowest BCUT2D eigenvalue weighted by atomic mass is 10.1. The van der Waals surface area contributed by atoms with Crippen LogP contribution in [0.1, 0.15) is 22.3 Å². The highest BCUT2D eigenvalue weighted by atomic mass is 19.1. The Morgan fingerprint density at radius 1 is 1.26 bits per heavy atom. The number of hydrogen-bond donors (Lipinski definition) is 0. The first kappa shape index (κ1) is 13.0. The van der Waals surface area contributed by atoms with Gasteiger partial charge in [-0.2, -0.15) is 5.26 Å². The lowest BCUT2D eigenvalue weighted by Crippen LogP contribution is -2.24. The number of hydrogen-bond acceptors (Lipinski definition) is 2. The first-order valence-corrected chi connectivity index (χ1v) is 5.88. The van der Waals surface area contributed by atoms with Crippen LogP contribution >= 0.6 is 0 Å². The quantitative estimate of drug-likeness (QED) is 0.828. The Morgan fingerprint density at radius 2 is 1.89 bits per heavy atom. The van der Waals surface area contributed by atoms with E-state index in [4.69, 9.17) is 5.26 Å². The molecule has 0 bridgehead atoms. The second-order valence-electron chi connectivity index (χ2n) is 4.48. The van der Waals surface area contributed by atoms with E-state index in [1.165, 1.54) is 16.7 Å². The van der Waals surface area contributed by atoms with Gasteiger partial charge < -0.3 is 4.57 Å². The maximum absolute atomic E-state index is 12.8. The first-order valence-electron chi connectivity index (χ1n) is 5.88. The fourth-order valence-corrected chi connectivity index (χ4v) is 1.93. The van der Waals surface area contributed by atoms with E-state index in [9.17, 15) is 9.18 Å². The van der Waals surface area contributed by atoms with Crippen LogP contribution in [0.15, 0.2) is 35.3 Å². The second-order valence-corrected chi connectivity index (χ2v) is 4.48. The molecule has 0 aliphatic heterocycles. The minimum atomic E-state index is -0.311. The summed E-state index contributed by atoms with van der Waals surface area (Å²) in [6.45, 7) is 3.95. The van der Waals surface area contributed by atoms with E-state index in [0.717, 1.165) is 11.1 Å². The van der Waals surface area contributed by atoms with Crippen LogP contribution < -0.4 is 5.56 Å². The van der Waals surface area contributed by atoms with E-state index >= 15 is 0 Å². The van der Waals surface area contributed by atoms with Crippen LogP contribution in [0.4, 0.5) is 4.39 Å². The zero-order valence-corrected chi connectivity index (χ0v) is 10.8. The standard InChI is InChI=1S/C15H13FN2O/c1-10-8-18(15(19)14(7-17)11(10)2)9-12-3-5-13(16)6-4-12/h3-6,8H,9H2,1-2H3. The summed E-state index contributed by atoms with van der Waals surface area (Å²) in [5.41, 5.74) is 2.27. The van der Waals surface area contributed by atoms with Crippen LogP contribution in [0.3, 0.4) is 0 Å². The van der Waals surface area contributed by atoms with E-state index in [1.54, 1.807) is 25.3 Å². The van der Waals surface area contributed by atoms with Crippen molar-refractivity contribution in [2.24, 2.45) is 0 Å². The number of nitriles is 1. The van der Waals surface area contributed by atoms with Crippen LogP contribution in [0.25, 0.3) is 0 Å². The fraction of sp³-hybridized carbons (Fsp3) is 0.200. The minimum absolute atomic E-state index is 0.169. The first-order chi connectivity index (χ1) is 9.02. The molecule has 0 amide bonds. The molecule has 4 heteroatoms. The lowest BCUT2D eigenvalue weighted by Gasteiger charge is -2.10. The third-order valence-corrected chi connectivity index (χ3v) is 3.17. The molecule has 96 valence electrons. The largest absolute Gasteiger partial charge is 0.310 e. The molecule has 0 radical (unpaired) electrons. The molecule has 0 saturated carbocycles. The molecule has 3 nitrogen and oxygen atoms in total. The van der Waals surface area contributed by atoms with Crippen molar-refractivity contribution < 1.29 is 4.39 Å². The average Bonchev–Trinajstić information content (AvgIpc) is 2.39. The van der Waals surface area contributed by atoms with Gasteiger partial charge in [0.1, 0.15) is 17.4 Å². The van der Waals surface area contributed by atoms with Crippen LogP contribution in [0.2, 0.25) is 0 Å². The van der Waals surface area contributed by atoms with Gasteiger partial charge in [-0.05, 0) is 42.7 Å². The van der Waals surface area contributed by atoms with Gasteiger partial charge in [0.15, 0.2) is 0 Å². The van der Waals surface area contributed by atoms with Gasteiger partial charge >= 0.3 is 0 Å². The molecule has 1 aromatic carbocycles. The highest BCUT2D eigenvalue weighted by Gasteiger charge is 2.10. The number of rotatable bonds is 2. The zero-order valence-electron chi connectivity index (χ0n) is 10.8. The Bertz CT molecular complexity index is 709. The third-order valence-electron chi connectivity index (χ3n) is 3.17. The number of pyridine rings is 1. The van der Waals surface area contributed by atoms with Crippen LogP contribution in [-0.2, 0) is 6.54 Å². The van der Waals surface area contributed by atoms with Crippen molar-refractivity contribution >= 4 is 0 Å². The SMILES string of the molecule is Cc1cn(Cc2ccc(F)cc2)c(=O)c(C#N)c1C. The number of aromatic nitrogens is 1. The molecule has 0 fully saturated rings. The summed E-state index contributed by atoms with van der Waals surface area (Å²) in [7, 11) is 0. The number of benzene rings is 1. The molecule has 0 unspecified atom stereocenters. The predicted molar refractivity (Wildman–Crippen MR) is 70.4 cm³/mol. The summed E-state index contributed by atoms with van der Waals surface area (Å²) in [6, 6.07) is 7.91. The lowest BCUT2D eigenvalue weighted by molar-refractivity contribution is 0.626. The van der Waals surface area contributed by atoms with Crippen molar-refractivity contribution in [2.45, 2.75) is 20.4 Å². The van der Waals surface area contributed by atoms with Gasteiger partial charge in [-0.1, -0.05) is 12.1 Å². The summed E-state index contributed by atoms with van der Waals surface area (Å²) in [5.74, 6) is -0.311. The molecular weight excluding hydrogens is 243 g/mol. The molecule has 1 heterocycles. The Hall–Kier alpha value is -2.41. The number of aryl methyl sites for hydroxylation is 1. The van der Waals surface area contributed by atoms with E-state index in [-0.39, 0.29) is 16.9 Å². The summed E-state index contributed by atoms with van der Waals surface area (Å²) >= 11 is 0. The van der Waals surface area contributed by atoms with Crippen molar-refractivity contribution in [3.8, 4) is 6.07 Å². The van der Waals surface area contributed by atoms with Gasteiger partial charge in [-0.15, -0.1) is 0 Å². The van der Waals surface area contributed by atoms with Crippen LogP contribution in [0.5, 0.6) is 0 Å². The van der Waals surface area contributed by atoms with Crippen molar-refractivity contribution in [1.29, 1.82) is 5.26 Å². The van der Waals surface area contributed by atoms with Gasteiger partial charge in [0.25, 0.3) is 5.56 Å². The smallest absolute Gasteiger partial charge is 0.269 e. The summed E-state index contributed by atoms with van der Waals surface area (Å²) in [4.78, 5) is 12.1. The second kappa shape index (κ2) is 5.07. The van der Waals surface area contributed by atoms with Crippen LogP contribution in [-0.4, -0.2) is 4.57 Å². The molecule has 0 saturated heterocycles. The highest BCUT2D eigenvalue weighted by Crippen LogP contribution is 2.10. The van der Waals surface area contributed by atoms with Gasteiger partial charge in [0.2, 0.25) is 0 Å². The van der Waals surface area contributed by atoms with Crippen molar-refractivity contribution in [3.63, 3.8) is 0 Å². The van der Waals surface area contributed by atoms with Gasteiger partial charge in [0.05, 0.1) is 6.54 Å². The molecule has 2 aromatic rings. The predicted octanol–water partition coefficient (Wildman–Crippen LogP) is 2.52. The fourth-order valence-electron chi connectivity index (χ4n) is 1.93. The summed E-state index contributed by atoms with van der Waals surface area (Å²) < 4.78 is 14.3. The molecule has 0 aliphatic rings. The Kier molecular flexibility index (Phi) is 3.48. The normalized spacial score (nSPS) is 10.2. The van der Waals surface area contributed by atoms with E-state index in [2.05, 4.69) is 0 Å². The average molecular weight is 256 g/mol. The molecule has 19 heavy (non-hydrogen) atoms. The Morgan fingerprint density at radius 3 is 2.47 bits per heavy atom. The summed E-state index contributed by atoms with van der Waals surface area (Å²) in [6.07, 6.45) is 1.72. The van der Waals surface area contributed by atoms with Crippen molar-refractivity contribution in [1.82, 2.24) is 4.57 Å². The molecule has 0 N–H and O–H groups in total. The maximum atomic E-state index is 12.8. The van der Waals surface area contributed by atoms with Crippen molar-refractivity contribution in [2.75, 3.05) is 0 Å². The maximum Gasteiger partial charge on any atom is 0.269 e. The third kappa shape index (κ3) is 2.55. The van der Waals surface area contributed by atoms with Crippen LogP contribution in [0, 0.1) is 31.0 Å². The monoisotopic (exact) mass is 256 g/mol. The molecular formula is C15H13FN2O. The molecule has 2 rings (SSSR count). The topological polar surface area (TPSA) is 45.8 Å². The van der Waals surface area contributed by atoms with Gasteiger partial charge in [-0.3, -0.25) is 4.79 Å². The Labute approximate surface area is 110 Å². The van der Waals surface area contributed by atoms with Gasteiger partial charge in [-0.25, -0.2) is 4.39 Å². The van der Waals surface area contributed by atoms with E-state index in [1.807, 2.05) is 13.0 Å². The number of halogens is 1. The zero-order chi connectivity index (χ0) is 14.0. The highest BCUT2D eigenvalue weighted by molar-refractivity contribution is 5.39. The molecule has 0 aliphatic carbocycles.